The summed E-state index contributed by atoms with van der Waals surface area (Å²) in [5.74, 6) is 0.752. The number of methoxy groups -OCH3 is 1. The molecule has 0 saturated heterocycles. The van der Waals surface area contributed by atoms with E-state index in [4.69, 9.17) is 4.74 Å². The van der Waals surface area contributed by atoms with Gasteiger partial charge in [-0.2, -0.15) is 16.7 Å². The number of thiazole rings is 1. The van der Waals surface area contributed by atoms with Gasteiger partial charge in [0.15, 0.2) is 4.96 Å². The highest BCUT2D eigenvalue weighted by Gasteiger charge is 2.21. The SMILES string of the molecule is COc1nc2sccn2c1CNC1CCC(SC)CC1. The lowest BCUT2D eigenvalue weighted by molar-refractivity contribution is 0.364. The number of hydrogen-bond donors (Lipinski definition) is 1. The Hall–Kier alpha value is -0.720. The fraction of sp³-hybridized carbons (Fsp3) is 0.643. The van der Waals surface area contributed by atoms with Gasteiger partial charge in [0, 0.05) is 29.4 Å². The number of thioether (sulfide) groups is 1. The summed E-state index contributed by atoms with van der Waals surface area (Å²) in [7, 11) is 1.69. The molecule has 4 nitrogen and oxygen atoms in total. The Balaban J connectivity index is 1.63. The van der Waals surface area contributed by atoms with Gasteiger partial charge in [-0.1, -0.05) is 0 Å². The Morgan fingerprint density at radius 3 is 2.95 bits per heavy atom. The van der Waals surface area contributed by atoms with Crippen molar-refractivity contribution in [2.45, 2.75) is 43.5 Å². The first-order valence-corrected chi connectivity index (χ1v) is 9.23. The molecule has 0 unspecified atom stereocenters. The molecule has 0 spiro atoms. The molecule has 3 rings (SSSR count). The maximum Gasteiger partial charge on any atom is 0.237 e. The summed E-state index contributed by atoms with van der Waals surface area (Å²) >= 11 is 3.66. The zero-order valence-electron chi connectivity index (χ0n) is 12.0. The van der Waals surface area contributed by atoms with E-state index >= 15 is 0 Å². The molecule has 0 bridgehead atoms. The van der Waals surface area contributed by atoms with Crippen molar-refractivity contribution in [3.8, 4) is 5.88 Å². The predicted octanol–water partition coefficient (Wildman–Crippen LogP) is 3.17. The Morgan fingerprint density at radius 2 is 2.25 bits per heavy atom. The molecule has 0 amide bonds. The highest BCUT2D eigenvalue weighted by atomic mass is 32.2. The Kier molecular flexibility index (Phi) is 4.53. The van der Waals surface area contributed by atoms with Crippen LogP contribution >= 0.6 is 23.1 Å². The first-order chi connectivity index (χ1) is 9.81. The summed E-state index contributed by atoms with van der Waals surface area (Å²) in [5.41, 5.74) is 1.13. The zero-order chi connectivity index (χ0) is 13.9. The average molecular weight is 311 g/mol. The van der Waals surface area contributed by atoms with E-state index in [1.54, 1.807) is 18.4 Å². The molecule has 0 radical (unpaired) electrons. The van der Waals surface area contributed by atoms with Crippen LogP contribution in [0.4, 0.5) is 0 Å². The van der Waals surface area contributed by atoms with Crippen LogP contribution in [0, 0.1) is 0 Å². The molecular weight excluding hydrogens is 290 g/mol. The molecule has 1 fully saturated rings. The molecule has 0 aromatic carbocycles. The van der Waals surface area contributed by atoms with Crippen molar-refractivity contribution in [3.05, 3.63) is 17.3 Å². The Bertz CT molecular complexity index is 558. The van der Waals surface area contributed by atoms with E-state index in [1.165, 1.54) is 25.7 Å². The second kappa shape index (κ2) is 6.37. The van der Waals surface area contributed by atoms with Crippen LogP contribution in [0.1, 0.15) is 31.4 Å². The topological polar surface area (TPSA) is 38.6 Å². The zero-order valence-corrected chi connectivity index (χ0v) is 13.6. The molecule has 2 aromatic rings. The maximum absolute atomic E-state index is 5.39. The highest BCUT2D eigenvalue weighted by Crippen LogP contribution is 2.28. The van der Waals surface area contributed by atoms with E-state index in [9.17, 15) is 0 Å². The van der Waals surface area contributed by atoms with Gasteiger partial charge in [-0.25, -0.2) is 0 Å². The molecular formula is C14H21N3OS2. The van der Waals surface area contributed by atoms with Crippen LogP contribution in [-0.2, 0) is 6.54 Å². The molecule has 1 aliphatic carbocycles. The minimum absolute atomic E-state index is 0.632. The number of imidazole rings is 1. The molecule has 2 aromatic heterocycles. The third-order valence-electron chi connectivity index (χ3n) is 4.08. The van der Waals surface area contributed by atoms with Gasteiger partial charge in [0.05, 0.1) is 7.11 Å². The Morgan fingerprint density at radius 1 is 1.45 bits per heavy atom. The summed E-state index contributed by atoms with van der Waals surface area (Å²) in [6, 6.07) is 0.632. The molecule has 6 heteroatoms. The molecule has 110 valence electrons. The van der Waals surface area contributed by atoms with Gasteiger partial charge < -0.3 is 10.1 Å². The van der Waals surface area contributed by atoms with Crippen molar-refractivity contribution < 1.29 is 4.74 Å². The summed E-state index contributed by atoms with van der Waals surface area (Å²) in [4.78, 5) is 5.50. The van der Waals surface area contributed by atoms with Gasteiger partial charge in [-0.15, -0.1) is 11.3 Å². The standard InChI is InChI=1S/C14H21N3OS2/c1-18-13-12(17-7-8-20-14(17)16-13)9-15-10-3-5-11(19-2)6-4-10/h7-8,10-11,15H,3-6,9H2,1-2H3. The Labute approximate surface area is 127 Å². The summed E-state index contributed by atoms with van der Waals surface area (Å²) in [5, 5.41) is 6.61. The average Bonchev–Trinajstić information content (AvgIpc) is 3.06. The lowest BCUT2D eigenvalue weighted by Gasteiger charge is -2.28. The predicted molar refractivity (Wildman–Crippen MR) is 86.0 cm³/mol. The van der Waals surface area contributed by atoms with Gasteiger partial charge in [-0.3, -0.25) is 4.40 Å². The molecule has 1 N–H and O–H groups in total. The second-order valence-corrected chi connectivity index (χ2v) is 7.22. The van der Waals surface area contributed by atoms with Crippen LogP contribution in [0.25, 0.3) is 4.96 Å². The molecule has 1 aliphatic rings. The van der Waals surface area contributed by atoms with Crippen molar-refractivity contribution in [2.24, 2.45) is 0 Å². The van der Waals surface area contributed by atoms with Crippen molar-refractivity contribution >= 4 is 28.1 Å². The fourth-order valence-electron chi connectivity index (χ4n) is 2.88. The first-order valence-electron chi connectivity index (χ1n) is 7.06. The van der Waals surface area contributed by atoms with E-state index in [-0.39, 0.29) is 0 Å². The van der Waals surface area contributed by atoms with E-state index in [1.807, 2.05) is 11.8 Å². The van der Waals surface area contributed by atoms with Gasteiger partial charge >= 0.3 is 0 Å². The van der Waals surface area contributed by atoms with Crippen LogP contribution in [0.5, 0.6) is 5.88 Å². The number of nitrogens with zero attached hydrogens (tertiary/aromatic N) is 2. The fourth-order valence-corrected chi connectivity index (χ4v) is 4.35. The maximum atomic E-state index is 5.39. The van der Waals surface area contributed by atoms with E-state index in [0.717, 1.165) is 28.3 Å². The van der Waals surface area contributed by atoms with Gasteiger partial charge in [-0.05, 0) is 31.9 Å². The van der Waals surface area contributed by atoms with Gasteiger partial charge in [0.1, 0.15) is 5.69 Å². The lowest BCUT2D eigenvalue weighted by atomic mass is 9.95. The number of fused-ring (bicyclic) bond motifs is 1. The minimum Gasteiger partial charge on any atom is -0.480 e. The van der Waals surface area contributed by atoms with E-state index in [2.05, 4.69) is 32.5 Å². The highest BCUT2D eigenvalue weighted by molar-refractivity contribution is 7.99. The largest absolute Gasteiger partial charge is 0.480 e. The molecule has 0 atom stereocenters. The van der Waals surface area contributed by atoms with E-state index < -0.39 is 0 Å². The number of ether oxygens (including phenoxy) is 1. The third kappa shape index (κ3) is 2.82. The van der Waals surface area contributed by atoms with Crippen molar-refractivity contribution in [3.63, 3.8) is 0 Å². The second-order valence-electron chi connectivity index (χ2n) is 5.21. The van der Waals surface area contributed by atoms with E-state index in [0.29, 0.717) is 6.04 Å². The van der Waals surface area contributed by atoms with Crippen LogP contribution in [0.2, 0.25) is 0 Å². The van der Waals surface area contributed by atoms with Crippen molar-refractivity contribution in [2.75, 3.05) is 13.4 Å². The van der Waals surface area contributed by atoms with Gasteiger partial charge in [0.2, 0.25) is 5.88 Å². The first kappa shape index (κ1) is 14.2. The summed E-state index contributed by atoms with van der Waals surface area (Å²) in [6.45, 7) is 0.829. The molecule has 1 saturated carbocycles. The number of hydrogen-bond acceptors (Lipinski definition) is 5. The number of rotatable bonds is 5. The van der Waals surface area contributed by atoms with Crippen molar-refractivity contribution in [1.82, 2.24) is 14.7 Å². The minimum atomic E-state index is 0.632. The third-order valence-corrected chi connectivity index (χ3v) is 5.98. The van der Waals surface area contributed by atoms with Crippen LogP contribution in [0.3, 0.4) is 0 Å². The molecule has 20 heavy (non-hydrogen) atoms. The quantitative estimate of drug-likeness (QED) is 0.920. The van der Waals surface area contributed by atoms with Gasteiger partial charge in [0.25, 0.3) is 0 Å². The monoisotopic (exact) mass is 311 g/mol. The summed E-state index contributed by atoms with van der Waals surface area (Å²) in [6.07, 6.45) is 9.51. The lowest BCUT2D eigenvalue weighted by Crippen LogP contribution is -2.33. The van der Waals surface area contributed by atoms with Crippen LogP contribution < -0.4 is 10.1 Å². The molecule has 0 aliphatic heterocycles. The smallest absolute Gasteiger partial charge is 0.237 e. The number of aromatic nitrogens is 2. The molecule has 2 heterocycles. The normalized spacial score (nSPS) is 23.3. The van der Waals surface area contributed by atoms with Crippen molar-refractivity contribution in [1.29, 1.82) is 0 Å². The summed E-state index contributed by atoms with van der Waals surface area (Å²) < 4.78 is 7.52. The van der Waals surface area contributed by atoms with Crippen LogP contribution in [0.15, 0.2) is 11.6 Å². The number of nitrogens with one attached hydrogen (secondary N) is 1. The van der Waals surface area contributed by atoms with Crippen LogP contribution in [-0.4, -0.2) is 34.0 Å².